The monoisotopic (exact) mass is 397 g/mol. The van der Waals surface area contributed by atoms with Gasteiger partial charge < -0.3 is 5.32 Å². The van der Waals surface area contributed by atoms with Crippen LogP contribution < -0.4 is 5.32 Å². The molecule has 0 radical (unpaired) electrons. The molecular formula is C20H26F3N3O2. The highest BCUT2D eigenvalue weighted by Crippen LogP contribution is 2.32. The first-order valence-corrected chi connectivity index (χ1v) is 9.70. The van der Waals surface area contributed by atoms with Crippen LogP contribution in [0.15, 0.2) is 24.3 Å². The van der Waals surface area contributed by atoms with Gasteiger partial charge in [-0.2, -0.15) is 13.2 Å². The second-order valence-corrected chi connectivity index (χ2v) is 7.86. The number of hydrogen-bond donors (Lipinski definition) is 1. The lowest BCUT2D eigenvalue weighted by atomic mass is 9.84. The molecular weight excluding hydrogens is 371 g/mol. The van der Waals surface area contributed by atoms with Crippen LogP contribution in [0.3, 0.4) is 0 Å². The van der Waals surface area contributed by atoms with Crippen LogP contribution in [-0.4, -0.2) is 41.0 Å². The van der Waals surface area contributed by atoms with Gasteiger partial charge >= 0.3 is 12.2 Å². The van der Waals surface area contributed by atoms with Crippen molar-refractivity contribution in [2.75, 3.05) is 13.7 Å². The number of carbonyl (C=O) groups excluding carboxylic acids is 2. The predicted molar refractivity (Wildman–Crippen MR) is 98.2 cm³/mol. The van der Waals surface area contributed by atoms with Crippen molar-refractivity contribution < 1.29 is 22.8 Å². The lowest BCUT2D eigenvalue weighted by Crippen LogP contribution is -2.48. The first-order valence-electron chi connectivity index (χ1n) is 9.70. The molecule has 1 aromatic rings. The van der Waals surface area contributed by atoms with Crippen molar-refractivity contribution in [3.05, 3.63) is 35.4 Å². The Morgan fingerprint density at radius 3 is 2.18 bits per heavy atom. The summed E-state index contributed by atoms with van der Waals surface area (Å²) in [5.74, 6) is -0.182. The molecule has 1 saturated carbocycles. The maximum absolute atomic E-state index is 13.0. The Bertz CT molecular complexity index is 710. The summed E-state index contributed by atoms with van der Waals surface area (Å²) in [6.45, 7) is 0.440. The number of alkyl halides is 3. The summed E-state index contributed by atoms with van der Waals surface area (Å²) in [5, 5.41) is 2.92. The van der Waals surface area contributed by atoms with E-state index in [1.54, 1.807) is 11.9 Å². The van der Waals surface area contributed by atoms with E-state index in [9.17, 15) is 22.8 Å². The summed E-state index contributed by atoms with van der Waals surface area (Å²) >= 11 is 0. The number of nitrogens with zero attached hydrogens (tertiary/aromatic N) is 2. The standard InChI is InChI=1S/C20H26F3N3O2/c1-25(13-15-7-9-16(10-8-15)20(21,22)23)14-26-17(27)19(24-18(26)28)11-5-3-2-4-6-12-19/h7-10H,2-6,11-14H2,1H3,(H,24,28). The minimum Gasteiger partial charge on any atom is -0.323 e. The Balaban J connectivity index is 1.62. The van der Waals surface area contributed by atoms with E-state index in [1.165, 1.54) is 17.0 Å². The summed E-state index contributed by atoms with van der Waals surface area (Å²) in [7, 11) is 1.74. The topological polar surface area (TPSA) is 52.6 Å². The third kappa shape index (κ3) is 4.48. The Morgan fingerprint density at radius 2 is 1.61 bits per heavy atom. The lowest BCUT2D eigenvalue weighted by Gasteiger charge is -2.29. The second kappa shape index (κ2) is 8.11. The van der Waals surface area contributed by atoms with Gasteiger partial charge in [0.2, 0.25) is 0 Å². The van der Waals surface area contributed by atoms with Crippen LogP contribution in [0.25, 0.3) is 0 Å². The van der Waals surface area contributed by atoms with Crippen molar-refractivity contribution in [3.8, 4) is 0 Å². The summed E-state index contributed by atoms with van der Waals surface area (Å²) in [6, 6.07) is 4.54. The van der Waals surface area contributed by atoms with Crippen LogP contribution in [0, 0.1) is 0 Å². The summed E-state index contributed by atoms with van der Waals surface area (Å²) < 4.78 is 38.0. The number of benzene rings is 1. The van der Waals surface area contributed by atoms with Gasteiger partial charge in [-0.15, -0.1) is 0 Å². The minimum atomic E-state index is -4.36. The molecule has 3 amide bonds. The molecule has 1 heterocycles. The molecule has 1 aliphatic carbocycles. The zero-order valence-corrected chi connectivity index (χ0v) is 16.0. The van der Waals surface area contributed by atoms with Crippen molar-refractivity contribution in [3.63, 3.8) is 0 Å². The molecule has 154 valence electrons. The fourth-order valence-electron chi connectivity index (χ4n) is 4.05. The van der Waals surface area contributed by atoms with E-state index in [0.717, 1.165) is 44.2 Å². The number of hydrogen-bond acceptors (Lipinski definition) is 3. The molecule has 1 saturated heterocycles. The van der Waals surface area contributed by atoms with Crippen LogP contribution in [0.1, 0.15) is 56.1 Å². The van der Waals surface area contributed by atoms with Crippen molar-refractivity contribution in [1.29, 1.82) is 0 Å². The maximum Gasteiger partial charge on any atom is 0.416 e. The molecule has 0 unspecified atom stereocenters. The smallest absolute Gasteiger partial charge is 0.323 e. The molecule has 2 aliphatic rings. The van der Waals surface area contributed by atoms with Crippen LogP contribution in [-0.2, 0) is 17.5 Å². The molecule has 1 aliphatic heterocycles. The molecule has 8 heteroatoms. The predicted octanol–water partition coefficient (Wildman–Crippen LogP) is 4.13. The molecule has 5 nitrogen and oxygen atoms in total. The van der Waals surface area contributed by atoms with Gasteiger partial charge in [-0.25, -0.2) is 9.69 Å². The molecule has 0 bridgehead atoms. The zero-order chi connectivity index (χ0) is 20.4. The average molecular weight is 397 g/mol. The number of amides is 3. The highest BCUT2D eigenvalue weighted by molar-refractivity contribution is 6.07. The second-order valence-electron chi connectivity index (χ2n) is 7.86. The van der Waals surface area contributed by atoms with Gasteiger partial charge in [-0.05, 0) is 37.6 Å². The normalized spacial score (nSPS) is 20.4. The quantitative estimate of drug-likeness (QED) is 0.778. The third-order valence-corrected chi connectivity index (χ3v) is 5.57. The first-order chi connectivity index (χ1) is 13.2. The van der Waals surface area contributed by atoms with E-state index in [-0.39, 0.29) is 18.6 Å². The summed E-state index contributed by atoms with van der Waals surface area (Å²) in [4.78, 5) is 28.4. The van der Waals surface area contributed by atoms with E-state index in [4.69, 9.17) is 0 Å². The highest BCUT2D eigenvalue weighted by atomic mass is 19.4. The SMILES string of the molecule is CN(Cc1ccc(C(F)(F)F)cc1)CN1C(=O)NC2(CCCCCCC2)C1=O. The largest absolute Gasteiger partial charge is 0.416 e. The first kappa shape index (κ1) is 20.6. The molecule has 0 atom stereocenters. The van der Waals surface area contributed by atoms with E-state index in [0.29, 0.717) is 24.9 Å². The molecule has 2 fully saturated rings. The molecule has 3 rings (SSSR count). The molecule has 1 spiro atoms. The Morgan fingerprint density at radius 1 is 1.04 bits per heavy atom. The number of imide groups is 1. The van der Waals surface area contributed by atoms with Gasteiger partial charge in [0.25, 0.3) is 5.91 Å². The summed E-state index contributed by atoms with van der Waals surface area (Å²) in [6.07, 6.45) is 2.10. The van der Waals surface area contributed by atoms with Crippen molar-refractivity contribution in [1.82, 2.24) is 15.1 Å². The fourth-order valence-corrected chi connectivity index (χ4v) is 4.05. The van der Waals surface area contributed by atoms with E-state index >= 15 is 0 Å². The van der Waals surface area contributed by atoms with Crippen LogP contribution >= 0.6 is 0 Å². The van der Waals surface area contributed by atoms with Gasteiger partial charge in [-0.3, -0.25) is 9.69 Å². The highest BCUT2D eigenvalue weighted by Gasteiger charge is 2.50. The van der Waals surface area contributed by atoms with Crippen LogP contribution in [0.5, 0.6) is 0 Å². The Kier molecular flexibility index (Phi) is 5.98. The number of rotatable bonds is 4. The molecule has 0 aromatic heterocycles. The van der Waals surface area contributed by atoms with Gasteiger partial charge in [0, 0.05) is 6.54 Å². The van der Waals surface area contributed by atoms with Crippen LogP contribution in [0.2, 0.25) is 0 Å². The van der Waals surface area contributed by atoms with E-state index in [2.05, 4.69) is 5.32 Å². The number of halogens is 3. The van der Waals surface area contributed by atoms with Gasteiger partial charge in [-0.1, -0.05) is 44.2 Å². The summed E-state index contributed by atoms with van der Waals surface area (Å²) in [5.41, 5.74) is -0.797. The van der Waals surface area contributed by atoms with Crippen LogP contribution in [0.4, 0.5) is 18.0 Å². The molecule has 1 N–H and O–H groups in total. The van der Waals surface area contributed by atoms with E-state index < -0.39 is 17.3 Å². The number of carbonyl (C=O) groups is 2. The van der Waals surface area contributed by atoms with Crippen molar-refractivity contribution in [2.24, 2.45) is 0 Å². The van der Waals surface area contributed by atoms with Crippen molar-refractivity contribution in [2.45, 2.75) is 63.2 Å². The number of urea groups is 1. The minimum absolute atomic E-state index is 0.105. The number of nitrogens with one attached hydrogen (secondary N) is 1. The average Bonchev–Trinajstić information content (AvgIpc) is 2.83. The maximum atomic E-state index is 13.0. The molecule has 28 heavy (non-hydrogen) atoms. The fraction of sp³-hybridized carbons (Fsp3) is 0.600. The Hall–Kier alpha value is -2.09. The Labute approximate surface area is 162 Å². The van der Waals surface area contributed by atoms with Crippen molar-refractivity contribution >= 4 is 11.9 Å². The molecule has 1 aromatic carbocycles. The van der Waals surface area contributed by atoms with Gasteiger partial charge in [0.15, 0.2) is 0 Å². The van der Waals surface area contributed by atoms with E-state index in [1.807, 2.05) is 0 Å². The van der Waals surface area contributed by atoms with Gasteiger partial charge in [0.1, 0.15) is 5.54 Å². The van der Waals surface area contributed by atoms with Gasteiger partial charge in [0.05, 0.1) is 12.2 Å². The third-order valence-electron chi connectivity index (χ3n) is 5.57. The lowest BCUT2D eigenvalue weighted by molar-refractivity contribution is -0.137. The zero-order valence-electron chi connectivity index (χ0n) is 16.0.